The van der Waals surface area contributed by atoms with E-state index in [4.69, 9.17) is 28.7 Å². The molecule has 1 fully saturated rings. The third kappa shape index (κ3) is 5.64. The molecule has 0 aliphatic carbocycles. The lowest BCUT2D eigenvalue weighted by molar-refractivity contribution is -0.302. The Morgan fingerprint density at radius 2 is 1.91 bits per heavy atom. The Kier molecular flexibility index (Phi) is 9.07. The summed E-state index contributed by atoms with van der Waals surface area (Å²) in [6.07, 6.45) is -7.86. The minimum absolute atomic E-state index is 0.00219. The number of nitrogens with one attached hydrogen (secondary N) is 1. The van der Waals surface area contributed by atoms with E-state index < -0.39 is 55.0 Å². The number of carbonyl (C=O) groups is 2. The van der Waals surface area contributed by atoms with Crippen molar-refractivity contribution in [3.63, 3.8) is 0 Å². The zero-order valence-corrected chi connectivity index (χ0v) is 25.0. The first-order valence-corrected chi connectivity index (χ1v) is 15.0. The van der Waals surface area contributed by atoms with E-state index in [9.17, 15) is 34.8 Å². The number of amides is 1. The number of cyclic esters (lactones) is 1. The van der Waals surface area contributed by atoms with Crippen molar-refractivity contribution in [1.29, 1.82) is 0 Å². The van der Waals surface area contributed by atoms with Crippen LogP contribution in [0.2, 0.25) is 0 Å². The highest BCUT2D eigenvalue weighted by Gasteiger charge is 2.50. The molecule has 1 saturated heterocycles. The summed E-state index contributed by atoms with van der Waals surface area (Å²) in [4.78, 5) is 44.5. The number of hydrogen-bond donors (Lipinski definition) is 5. The molecule has 246 valence electrons. The lowest BCUT2D eigenvalue weighted by Crippen LogP contribution is -2.59. The molecule has 3 aromatic rings. The van der Waals surface area contributed by atoms with Crippen LogP contribution in [-0.4, -0.2) is 106 Å². The Labute approximate surface area is 262 Å². The van der Waals surface area contributed by atoms with E-state index in [0.29, 0.717) is 17.9 Å². The van der Waals surface area contributed by atoms with Crippen LogP contribution >= 0.6 is 0 Å². The predicted octanol–water partition coefficient (Wildman–Crippen LogP) is -0.353. The third-order valence-electron chi connectivity index (χ3n) is 8.53. The number of aliphatic hydroxyl groups excluding tert-OH is 4. The maximum absolute atomic E-state index is 13.6. The highest BCUT2D eigenvalue weighted by atomic mass is 16.7. The van der Waals surface area contributed by atoms with Gasteiger partial charge in [-0.1, -0.05) is 25.1 Å². The molecule has 0 unspecified atom stereocenters. The number of hydrogen-bond acceptors (Lipinski definition) is 13. The normalized spacial score (nSPS) is 26.6. The number of esters is 1. The van der Waals surface area contributed by atoms with Crippen molar-refractivity contribution < 1.29 is 53.7 Å². The van der Waals surface area contributed by atoms with Crippen molar-refractivity contribution in [1.82, 2.24) is 14.9 Å². The molecule has 3 aliphatic heterocycles. The van der Waals surface area contributed by atoms with Crippen LogP contribution in [-0.2, 0) is 47.2 Å². The number of benzene rings is 1. The van der Waals surface area contributed by atoms with Gasteiger partial charge in [0.15, 0.2) is 6.29 Å². The van der Waals surface area contributed by atoms with E-state index in [-0.39, 0.29) is 56.1 Å². The van der Waals surface area contributed by atoms with Crippen LogP contribution in [0.3, 0.4) is 0 Å². The van der Waals surface area contributed by atoms with E-state index in [0.717, 1.165) is 16.5 Å². The van der Waals surface area contributed by atoms with Crippen molar-refractivity contribution in [3.05, 3.63) is 63.4 Å². The van der Waals surface area contributed by atoms with Crippen LogP contribution in [0.25, 0.3) is 22.3 Å². The highest BCUT2D eigenvalue weighted by molar-refractivity contribution is 5.88. The maximum atomic E-state index is 13.6. The van der Waals surface area contributed by atoms with Crippen molar-refractivity contribution in [2.45, 2.75) is 62.8 Å². The SMILES string of the molecule is CC[C@@]1(OC(=O)NCCOCCO[C@@H]2O[C@H](CO)[C@@H](O)[C@H](O)[C@H]2O)C(=O)OCc2c1cc1n(c2=O)Cc2cc3ccccc3nc2-1. The molecule has 2 aromatic heterocycles. The monoisotopic (exact) mass is 641 g/mol. The molecular weight excluding hydrogens is 606 g/mol. The summed E-state index contributed by atoms with van der Waals surface area (Å²) in [6, 6.07) is 11.3. The van der Waals surface area contributed by atoms with E-state index in [1.54, 1.807) is 17.6 Å². The van der Waals surface area contributed by atoms with Gasteiger partial charge in [-0.25, -0.2) is 14.6 Å². The Morgan fingerprint density at radius 3 is 2.70 bits per heavy atom. The molecule has 15 heteroatoms. The van der Waals surface area contributed by atoms with Crippen LogP contribution in [0.15, 0.2) is 41.2 Å². The van der Waals surface area contributed by atoms with Gasteiger partial charge in [0.2, 0.25) is 5.60 Å². The van der Waals surface area contributed by atoms with Gasteiger partial charge in [0, 0.05) is 23.1 Å². The largest absolute Gasteiger partial charge is 0.457 e. The van der Waals surface area contributed by atoms with Crippen LogP contribution < -0.4 is 10.9 Å². The Morgan fingerprint density at radius 1 is 1.11 bits per heavy atom. The highest BCUT2D eigenvalue weighted by Crippen LogP contribution is 2.41. The van der Waals surface area contributed by atoms with Crippen LogP contribution in [0.5, 0.6) is 0 Å². The summed E-state index contributed by atoms with van der Waals surface area (Å²) < 4.78 is 28.7. The first-order valence-electron chi connectivity index (χ1n) is 15.0. The molecule has 5 heterocycles. The fourth-order valence-electron chi connectivity index (χ4n) is 6.03. The summed E-state index contributed by atoms with van der Waals surface area (Å²) in [5.74, 6) is -0.784. The summed E-state index contributed by atoms with van der Waals surface area (Å²) >= 11 is 0. The number of aliphatic hydroxyl groups is 4. The summed E-state index contributed by atoms with van der Waals surface area (Å²) in [7, 11) is 0. The molecule has 1 amide bonds. The lowest BCUT2D eigenvalue weighted by Gasteiger charge is -2.39. The van der Waals surface area contributed by atoms with Crippen molar-refractivity contribution >= 4 is 23.0 Å². The molecular formula is C31H35N3O12. The molecule has 3 aliphatic rings. The van der Waals surface area contributed by atoms with Gasteiger partial charge in [-0.3, -0.25) is 4.79 Å². The van der Waals surface area contributed by atoms with Gasteiger partial charge in [0.25, 0.3) is 5.56 Å². The zero-order chi connectivity index (χ0) is 32.6. The van der Waals surface area contributed by atoms with E-state index in [1.807, 2.05) is 30.3 Å². The minimum atomic E-state index is -1.86. The second-order valence-corrected chi connectivity index (χ2v) is 11.3. The molecule has 0 spiro atoms. The van der Waals surface area contributed by atoms with Crippen molar-refractivity contribution in [3.8, 4) is 11.4 Å². The zero-order valence-electron chi connectivity index (χ0n) is 25.0. The van der Waals surface area contributed by atoms with Crippen LogP contribution in [0.1, 0.15) is 30.0 Å². The Hall–Kier alpha value is -3.96. The molecule has 0 radical (unpaired) electrons. The second-order valence-electron chi connectivity index (χ2n) is 11.3. The quantitative estimate of drug-likeness (QED) is 0.111. The molecule has 1 aromatic carbocycles. The number of ether oxygens (including phenoxy) is 5. The number of nitrogens with zero attached hydrogens (tertiary/aromatic N) is 2. The minimum Gasteiger partial charge on any atom is -0.457 e. The van der Waals surface area contributed by atoms with Crippen molar-refractivity contribution in [2.24, 2.45) is 0 Å². The number of fused-ring (bicyclic) bond motifs is 5. The molecule has 15 nitrogen and oxygen atoms in total. The van der Waals surface area contributed by atoms with Gasteiger partial charge in [-0.05, 0) is 24.6 Å². The first-order chi connectivity index (χ1) is 22.2. The van der Waals surface area contributed by atoms with E-state index in [1.165, 1.54) is 0 Å². The Bertz CT molecular complexity index is 1690. The van der Waals surface area contributed by atoms with Gasteiger partial charge >= 0.3 is 12.1 Å². The van der Waals surface area contributed by atoms with Crippen LogP contribution in [0, 0.1) is 0 Å². The topological polar surface area (TPSA) is 208 Å². The number of pyridine rings is 2. The molecule has 0 saturated carbocycles. The summed E-state index contributed by atoms with van der Waals surface area (Å²) in [5.41, 5.74) is 1.08. The predicted molar refractivity (Wildman–Crippen MR) is 157 cm³/mol. The molecule has 6 atom stereocenters. The average Bonchev–Trinajstić information content (AvgIpc) is 3.42. The van der Waals surface area contributed by atoms with E-state index >= 15 is 0 Å². The van der Waals surface area contributed by atoms with E-state index in [2.05, 4.69) is 5.32 Å². The molecule has 5 N–H and O–H groups in total. The summed E-state index contributed by atoms with van der Waals surface area (Å²) in [6.45, 7) is 1.13. The van der Waals surface area contributed by atoms with Crippen LogP contribution in [0.4, 0.5) is 4.79 Å². The van der Waals surface area contributed by atoms with Crippen molar-refractivity contribution in [2.75, 3.05) is 33.0 Å². The maximum Gasteiger partial charge on any atom is 0.408 e. The van der Waals surface area contributed by atoms with Gasteiger partial charge in [0.1, 0.15) is 31.0 Å². The standard InChI is InChI=1S/C31H35N3O12/c1-2-31(46-30(41)32-7-8-42-9-10-43-28-26(38)25(37)24(36)22(14-35)45-28)19-12-21-23-17(11-16-5-3-4-6-20(16)33-23)13-34(21)27(39)18(19)15-44-29(31)40/h3-6,11-12,22,24-26,28,35-38H,2,7-10,13-15H2,1H3,(H,32,41)/t22-,24-,25+,26-,28-,31+/m1/s1. The second kappa shape index (κ2) is 13.0. The first kappa shape index (κ1) is 32.0. The van der Waals surface area contributed by atoms with Gasteiger partial charge in [0.05, 0.1) is 55.4 Å². The van der Waals surface area contributed by atoms with Gasteiger partial charge < -0.3 is 54.0 Å². The number of alkyl carbamates (subject to hydrolysis) is 1. The molecule has 0 bridgehead atoms. The fourth-order valence-corrected chi connectivity index (χ4v) is 6.03. The number of aromatic nitrogens is 2. The molecule has 46 heavy (non-hydrogen) atoms. The Balaban J connectivity index is 1.08. The number of rotatable bonds is 10. The average molecular weight is 642 g/mol. The molecule has 6 rings (SSSR count). The van der Waals surface area contributed by atoms with Gasteiger partial charge in [-0.15, -0.1) is 0 Å². The van der Waals surface area contributed by atoms with Gasteiger partial charge in [-0.2, -0.15) is 0 Å². The number of carbonyl (C=O) groups excluding carboxylic acids is 2. The fraction of sp³-hybridized carbons (Fsp3) is 0.484. The smallest absolute Gasteiger partial charge is 0.408 e. The number of para-hydroxylation sites is 1. The third-order valence-corrected chi connectivity index (χ3v) is 8.53. The lowest BCUT2D eigenvalue weighted by atomic mass is 9.85. The summed E-state index contributed by atoms with van der Waals surface area (Å²) in [5, 5.41) is 42.4.